The zero-order valence-electron chi connectivity index (χ0n) is 11.2. The first-order chi connectivity index (χ1) is 10.1. The maximum atomic E-state index is 11.9. The predicted molar refractivity (Wildman–Crippen MR) is 83.0 cm³/mol. The zero-order valence-corrected chi connectivity index (χ0v) is 12.8. The molecule has 2 aromatic rings. The Hall–Kier alpha value is -2.12. The summed E-state index contributed by atoms with van der Waals surface area (Å²) in [6.45, 7) is 0.407. The average Bonchev–Trinajstić information content (AvgIpc) is 3.11. The van der Waals surface area contributed by atoms with E-state index in [0.29, 0.717) is 17.2 Å². The van der Waals surface area contributed by atoms with Crippen LogP contribution >= 0.6 is 22.7 Å². The van der Waals surface area contributed by atoms with Gasteiger partial charge < -0.3 is 15.2 Å². The molecule has 1 amide bonds. The summed E-state index contributed by atoms with van der Waals surface area (Å²) in [5.41, 5.74) is 0.810. The maximum Gasteiger partial charge on any atom is 0.328 e. The van der Waals surface area contributed by atoms with Crippen molar-refractivity contribution >= 4 is 40.6 Å². The van der Waals surface area contributed by atoms with E-state index in [-0.39, 0.29) is 5.91 Å². The molecule has 0 saturated carbocycles. The number of aliphatic carboxylic acids is 1. The lowest BCUT2D eigenvalue weighted by Crippen LogP contribution is -2.21. The third-order valence-corrected chi connectivity index (χ3v) is 4.41. The lowest BCUT2D eigenvalue weighted by atomic mass is 10.3. The Morgan fingerprint density at radius 2 is 2.14 bits per heavy atom. The second-order valence-electron chi connectivity index (χ2n) is 4.05. The highest BCUT2D eigenvalue weighted by Crippen LogP contribution is 2.21. The number of amides is 1. The standard InChI is InChI=1S/C14H13NO4S2/c1-19-10-5-12(21-8-10)14(18)15-6-11-4-9(7-20-11)2-3-13(16)17/h2-5,7-8H,6H2,1H3,(H,15,18)(H,16,17)/b3-2+. The molecule has 0 aromatic carbocycles. The Kier molecular flexibility index (Phi) is 5.13. The van der Waals surface area contributed by atoms with Crippen molar-refractivity contribution < 1.29 is 19.4 Å². The summed E-state index contributed by atoms with van der Waals surface area (Å²) in [7, 11) is 1.56. The molecule has 0 atom stereocenters. The van der Waals surface area contributed by atoms with Crippen LogP contribution in [0.3, 0.4) is 0 Å². The van der Waals surface area contributed by atoms with E-state index in [9.17, 15) is 9.59 Å². The first-order valence-corrected chi connectivity index (χ1v) is 7.73. The molecule has 0 radical (unpaired) electrons. The molecule has 2 aromatic heterocycles. The molecule has 21 heavy (non-hydrogen) atoms. The van der Waals surface area contributed by atoms with Crippen molar-refractivity contribution in [1.29, 1.82) is 0 Å². The number of carboxylic acid groups (broad SMARTS) is 1. The van der Waals surface area contributed by atoms with E-state index in [0.717, 1.165) is 16.5 Å². The number of ether oxygens (including phenoxy) is 1. The van der Waals surface area contributed by atoms with Crippen molar-refractivity contribution in [2.24, 2.45) is 0 Å². The molecule has 2 N–H and O–H groups in total. The van der Waals surface area contributed by atoms with Gasteiger partial charge in [0.15, 0.2) is 0 Å². The normalized spacial score (nSPS) is 10.7. The minimum atomic E-state index is -0.984. The fourth-order valence-corrected chi connectivity index (χ4v) is 3.11. The molecule has 0 aliphatic rings. The van der Waals surface area contributed by atoms with Crippen LogP contribution in [0.1, 0.15) is 20.1 Å². The summed E-state index contributed by atoms with van der Waals surface area (Å²) in [6, 6.07) is 3.54. The molecule has 2 heterocycles. The first-order valence-electron chi connectivity index (χ1n) is 5.97. The molecule has 5 nitrogen and oxygen atoms in total. The van der Waals surface area contributed by atoms with E-state index >= 15 is 0 Å². The van der Waals surface area contributed by atoms with Gasteiger partial charge in [0.2, 0.25) is 0 Å². The summed E-state index contributed by atoms with van der Waals surface area (Å²) < 4.78 is 5.03. The van der Waals surface area contributed by atoms with Gasteiger partial charge in [-0.1, -0.05) is 0 Å². The number of carboxylic acids is 1. The van der Waals surface area contributed by atoms with Gasteiger partial charge in [-0.15, -0.1) is 22.7 Å². The number of methoxy groups -OCH3 is 1. The molecule has 0 aliphatic heterocycles. The van der Waals surface area contributed by atoms with Crippen LogP contribution in [0, 0.1) is 0 Å². The Morgan fingerprint density at radius 3 is 2.81 bits per heavy atom. The smallest absolute Gasteiger partial charge is 0.328 e. The highest BCUT2D eigenvalue weighted by atomic mass is 32.1. The molecule has 7 heteroatoms. The fraction of sp³-hybridized carbons (Fsp3) is 0.143. The van der Waals surface area contributed by atoms with Crippen LogP contribution in [-0.2, 0) is 11.3 Å². The van der Waals surface area contributed by atoms with Gasteiger partial charge in [-0.25, -0.2) is 4.79 Å². The van der Waals surface area contributed by atoms with Gasteiger partial charge >= 0.3 is 5.97 Å². The Labute approximate surface area is 129 Å². The van der Waals surface area contributed by atoms with Crippen LogP contribution in [0.2, 0.25) is 0 Å². The number of hydrogen-bond donors (Lipinski definition) is 2. The van der Waals surface area contributed by atoms with E-state index < -0.39 is 5.97 Å². The Bertz CT molecular complexity index is 672. The van der Waals surface area contributed by atoms with Crippen LogP contribution < -0.4 is 10.1 Å². The Balaban J connectivity index is 1.90. The predicted octanol–water partition coefficient (Wildman–Crippen LogP) is 2.85. The van der Waals surface area contributed by atoms with Gasteiger partial charge in [0.1, 0.15) is 5.75 Å². The molecular weight excluding hydrogens is 310 g/mol. The molecule has 0 bridgehead atoms. The van der Waals surface area contributed by atoms with Gasteiger partial charge in [0, 0.05) is 22.4 Å². The number of nitrogens with one attached hydrogen (secondary N) is 1. The lowest BCUT2D eigenvalue weighted by molar-refractivity contribution is -0.131. The molecule has 2 rings (SSSR count). The van der Waals surface area contributed by atoms with E-state index in [2.05, 4.69) is 5.32 Å². The molecule has 0 fully saturated rings. The van der Waals surface area contributed by atoms with Crippen molar-refractivity contribution in [1.82, 2.24) is 5.32 Å². The number of hydrogen-bond acceptors (Lipinski definition) is 5. The van der Waals surface area contributed by atoms with Crippen molar-refractivity contribution in [2.45, 2.75) is 6.54 Å². The maximum absolute atomic E-state index is 11.9. The Morgan fingerprint density at radius 1 is 1.33 bits per heavy atom. The summed E-state index contributed by atoms with van der Waals surface area (Å²) in [5.74, 6) is -0.468. The van der Waals surface area contributed by atoms with Crippen LogP contribution in [0.5, 0.6) is 5.75 Å². The van der Waals surface area contributed by atoms with Gasteiger partial charge in [0.25, 0.3) is 5.91 Å². The summed E-state index contributed by atoms with van der Waals surface area (Å²) in [6.07, 6.45) is 2.61. The molecule has 110 valence electrons. The van der Waals surface area contributed by atoms with Gasteiger partial charge in [-0.3, -0.25) is 4.79 Å². The number of carbonyl (C=O) groups is 2. The van der Waals surface area contributed by atoms with Crippen LogP contribution in [-0.4, -0.2) is 24.1 Å². The molecular formula is C14H13NO4S2. The fourth-order valence-electron chi connectivity index (χ4n) is 1.54. The highest BCUT2D eigenvalue weighted by molar-refractivity contribution is 7.12. The van der Waals surface area contributed by atoms with Crippen LogP contribution in [0.15, 0.2) is 29.0 Å². The number of rotatable bonds is 6. The van der Waals surface area contributed by atoms with E-state index in [1.807, 2.05) is 11.4 Å². The van der Waals surface area contributed by atoms with Crippen molar-refractivity contribution in [3.63, 3.8) is 0 Å². The zero-order chi connectivity index (χ0) is 15.2. The van der Waals surface area contributed by atoms with Crippen molar-refractivity contribution in [3.8, 4) is 5.75 Å². The SMILES string of the molecule is COc1csc(C(=O)NCc2cc(/C=C/C(=O)O)cs2)c1. The van der Waals surface area contributed by atoms with E-state index in [4.69, 9.17) is 9.84 Å². The van der Waals surface area contributed by atoms with E-state index in [1.54, 1.807) is 18.6 Å². The second-order valence-corrected chi connectivity index (χ2v) is 5.96. The van der Waals surface area contributed by atoms with E-state index in [1.165, 1.54) is 28.7 Å². The molecule has 0 saturated heterocycles. The average molecular weight is 323 g/mol. The van der Waals surface area contributed by atoms with Gasteiger partial charge in [-0.2, -0.15) is 0 Å². The molecule has 0 spiro atoms. The highest BCUT2D eigenvalue weighted by Gasteiger charge is 2.09. The molecule has 0 aliphatic carbocycles. The minimum absolute atomic E-state index is 0.153. The second kappa shape index (κ2) is 7.05. The molecule has 0 unspecified atom stereocenters. The first kappa shape index (κ1) is 15.3. The topological polar surface area (TPSA) is 75.6 Å². The monoisotopic (exact) mass is 323 g/mol. The van der Waals surface area contributed by atoms with Crippen molar-refractivity contribution in [2.75, 3.05) is 7.11 Å². The summed E-state index contributed by atoms with van der Waals surface area (Å²) in [4.78, 5) is 23.9. The quantitative estimate of drug-likeness (QED) is 0.802. The summed E-state index contributed by atoms with van der Waals surface area (Å²) >= 11 is 2.79. The summed E-state index contributed by atoms with van der Waals surface area (Å²) in [5, 5.41) is 15.0. The third-order valence-electron chi connectivity index (χ3n) is 2.55. The van der Waals surface area contributed by atoms with Crippen molar-refractivity contribution in [3.05, 3.63) is 44.3 Å². The largest absolute Gasteiger partial charge is 0.496 e. The van der Waals surface area contributed by atoms with Gasteiger partial charge in [0.05, 0.1) is 18.5 Å². The number of carbonyl (C=O) groups excluding carboxylic acids is 1. The lowest BCUT2D eigenvalue weighted by Gasteiger charge is -2.00. The van der Waals surface area contributed by atoms with Crippen LogP contribution in [0.25, 0.3) is 6.08 Å². The minimum Gasteiger partial charge on any atom is -0.496 e. The van der Waals surface area contributed by atoms with Gasteiger partial charge in [-0.05, 0) is 23.1 Å². The third kappa shape index (κ3) is 4.44. The van der Waals surface area contributed by atoms with Crippen LogP contribution in [0.4, 0.5) is 0 Å². The number of thiophene rings is 2.